The predicted octanol–water partition coefficient (Wildman–Crippen LogP) is 0.967. The minimum absolute atomic E-state index is 0.112. The molecule has 0 saturated carbocycles. The van der Waals surface area contributed by atoms with Gasteiger partial charge in [0.15, 0.2) is 0 Å². The number of nitrogens with zero attached hydrogens (tertiary/aromatic N) is 3. The van der Waals surface area contributed by atoms with Crippen LogP contribution in [0.2, 0.25) is 5.02 Å². The zero-order valence-corrected chi connectivity index (χ0v) is 13.2. The zero-order chi connectivity index (χ0) is 15.6. The van der Waals surface area contributed by atoms with E-state index in [9.17, 15) is 8.42 Å². The van der Waals surface area contributed by atoms with E-state index in [-0.39, 0.29) is 11.4 Å². The molecule has 0 saturated heterocycles. The summed E-state index contributed by atoms with van der Waals surface area (Å²) in [6, 6.07) is 3.91. The first kappa shape index (κ1) is 15.9. The zero-order valence-electron chi connectivity index (χ0n) is 11.6. The normalized spacial score (nSPS) is 13.3. The molecule has 0 fully saturated rings. The number of sulfonamides is 1. The molecule has 0 aliphatic heterocycles. The highest BCUT2D eigenvalue weighted by Gasteiger charge is 2.21. The Hall–Kier alpha value is -1.48. The van der Waals surface area contributed by atoms with Gasteiger partial charge >= 0.3 is 0 Å². The van der Waals surface area contributed by atoms with E-state index >= 15 is 0 Å². The molecule has 0 radical (unpaired) electrons. The van der Waals surface area contributed by atoms with Gasteiger partial charge in [-0.3, -0.25) is 0 Å². The Balaban J connectivity index is 2.28. The van der Waals surface area contributed by atoms with Crippen molar-refractivity contribution in [3.05, 3.63) is 40.9 Å². The van der Waals surface area contributed by atoms with Crippen molar-refractivity contribution >= 4 is 21.6 Å². The van der Waals surface area contributed by atoms with Crippen LogP contribution in [0.3, 0.4) is 0 Å². The Morgan fingerprint density at radius 2 is 2.19 bits per heavy atom. The van der Waals surface area contributed by atoms with Gasteiger partial charge in [0.1, 0.15) is 12.2 Å². The summed E-state index contributed by atoms with van der Waals surface area (Å²) < 4.78 is 29.0. The Kier molecular flexibility index (Phi) is 4.62. The monoisotopic (exact) mass is 329 g/mol. The Labute approximate surface area is 128 Å². The summed E-state index contributed by atoms with van der Waals surface area (Å²) in [7, 11) is -1.95. The van der Waals surface area contributed by atoms with E-state index in [0.29, 0.717) is 16.4 Å². The first-order chi connectivity index (χ1) is 9.85. The Morgan fingerprint density at radius 1 is 1.48 bits per heavy atom. The Bertz CT molecular complexity index is 744. The van der Waals surface area contributed by atoms with E-state index in [0.717, 1.165) is 0 Å². The van der Waals surface area contributed by atoms with Crippen LogP contribution >= 0.6 is 11.6 Å². The highest BCUT2D eigenvalue weighted by molar-refractivity contribution is 7.89. The molecule has 0 bridgehead atoms. The molecule has 1 atom stereocenters. The molecule has 1 aromatic heterocycles. The van der Waals surface area contributed by atoms with Crippen LogP contribution in [-0.4, -0.2) is 23.2 Å². The van der Waals surface area contributed by atoms with Gasteiger partial charge in [-0.2, -0.15) is 0 Å². The highest BCUT2D eigenvalue weighted by atomic mass is 35.5. The average Bonchev–Trinajstić information content (AvgIpc) is 2.85. The fourth-order valence-corrected chi connectivity index (χ4v) is 3.36. The van der Waals surface area contributed by atoms with Crippen molar-refractivity contribution in [3.8, 4) is 0 Å². The molecular weight excluding hydrogens is 314 g/mol. The van der Waals surface area contributed by atoms with Crippen molar-refractivity contribution in [2.24, 2.45) is 12.8 Å². The van der Waals surface area contributed by atoms with Gasteiger partial charge in [-0.15, -0.1) is 10.2 Å². The van der Waals surface area contributed by atoms with E-state index in [1.807, 2.05) is 0 Å². The van der Waals surface area contributed by atoms with Gasteiger partial charge in [0.2, 0.25) is 10.0 Å². The van der Waals surface area contributed by atoms with Crippen LogP contribution < -0.4 is 10.5 Å². The Morgan fingerprint density at radius 3 is 2.76 bits per heavy atom. The van der Waals surface area contributed by atoms with E-state index in [2.05, 4.69) is 14.9 Å². The summed E-state index contributed by atoms with van der Waals surface area (Å²) in [6.07, 6.45) is 1.51. The van der Waals surface area contributed by atoms with Crippen molar-refractivity contribution < 1.29 is 8.42 Å². The predicted molar refractivity (Wildman–Crippen MR) is 79.1 cm³/mol. The molecule has 2 aromatic rings. The molecule has 114 valence electrons. The van der Waals surface area contributed by atoms with Crippen molar-refractivity contribution in [3.63, 3.8) is 0 Å². The summed E-state index contributed by atoms with van der Waals surface area (Å²) in [5.41, 5.74) is 6.11. The van der Waals surface area contributed by atoms with Gasteiger partial charge in [0.25, 0.3) is 0 Å². The van der Waals surface area contributed by atoms with Crippen molar-refractivity contribution in [1.82, 2.24) is 19.5 Å². The third-order valence-corrected chi connectivity index (χ3v) is 4.92. The van der Waals surface area contributed by atoms with Crippen molar-refractivity contribution in [1.29, 1.82) is 0 Å². The largest absolute Gasteiger partial charge is 0.326 e. The van der Waals surface area contributed by atoms with E-state index in [1.165, 1.54) is 24.5 Å². The fourth-order valence-electron chi connectivity index (χ4n) is 1.91. The maximum absolute atomic E-state index is 12.4. The summed E-state index contributed by atoms with van der Waals surface area (Å²) in [5.74, 6) is 0.520. The molecule has 0 spiro atoms. The van der Waals surface area contributed by atoms with Gasteiger partial charge in [0, 0.05) is 18.6 Å². The van der Waals surface area contributed by atoms with Gasteiger partial charge in [-0.25, -0.2) is 13.1 Å². The van der Waals surface area contributed by atoms with Crippen LogP contribution in [0.4, 0.5) is 0 Å². The minimum Gasteiger partial charge on any atom is -0.326 e. The number of hydrogen-bond acceptors (Lipinski definition) is 5. The molecule has 0 aliphatic carbocycles. The number of hydrogen-bond donors (Lipinski definition) is 2. The number of halogens is 1. The fraction of sp³-hybridized carbons (Fsp3) is 0.333. The van der Waals surface area contributed by atoms with Crippen LogP contribution in [-0.2, 0) is 23.6 Å². The molecule has 21 heavy (non-hydrogen) atoms. The number of rotatable bonds is 5. The lowest BCUT2D eigenvalue weighted by molar-refractivity contribution is 0.553. The van der Waals surface area contributed by atoms with Gasteiger partial charge in [-0.05, 0) is 30.7 Å². The second-order valence-corrected chi connectivity index (χ2v) is 6.72. The number of benzene rings is 1. The van der Waals surface area contributed by atoms with Crippen molar-refractivity contribution in [2.75, 3.05) is 0 Å². The molecule has 1 heterocycles. The first-order valence-corrected chi connectivity index (χ1v) is 8.06. The van der Waals surface area contributed by atoms with E-state index < -0.39 is 16.1 Å². The summed E-state index contributed by atoms with van der Waals surface area (Å²) in [6.45, 7) is 1.86. The lowest BCUT2D eigenvalue weighted by atomic mass is 10.2. The maximum Gasteiger partial charge on any atom is 0.241 e. The molecule has 0 aliphatic rings. The smallest absolute Gasteiger partial charge is 0.241 e. The molecule has 0 amide bonds. The van der Waals surface area contributed by atoms with Crippen LogP contribution in [0, 0.1) is 0 Å². The molecule has 3 N–H and O–H groups in total. The van der Waals surface area contributed by atoms with Gasteiger partial charge in [0.05, 0.1) is 10.9 Å². The van der Waals surface area contributed by atoms with Gasteiger partial charge < -0.3 is 10.3 Å². The molecule has 9 heteroatoms. The second kappa shape index (κ2) is 6.10. The summed E-state index contributed by atoms with van der Waals surface area (Å²) in [5, 5.41) is 8.06. The third-order valence-electron chi connectivity index (χ3n) is 3.01. The van der Waals surface area contributed by atoms with Crippen molar-refractivity contribution in [2.45, 2.75) is 24.4 Å². The molecular formula is C12H16ClN5O2S. The molecule has 7 nitrogen and oxygen atoms in total. The quantitative estimate of drug-likeness (QED) is 0.850. The van der Waals surface area contributed by atoms with Crippen LogP contribution in [0.15, 0.2) is 29.4 Å². The second-order valence-electron chi connectivity index (χ2n) is 4.60. The maximum atomic E-state index is 12.4. The average molecular weight is 330 g/mol. The number of aromatic nitrogens is 3. The number of aryl methyl sites for hydroxylation is 1. The summed E-state index contributed by atoms with van der Waals surface area (Å²) >= 11 is 5.94. The molecule has 1 unspecified atom stereocenters. The SMILES string of the molecule is CC(NS(=O)(=O)c1ccc(Cl)c(CN)c1)c1nncn1C. The first-order valence-electron chi connectivity index (χ1n) is 6.20. The minimum atomic E-state index is -3.70. The van der Waals surface area contributed by atoms with E-state index in [1.54, 1.807) is 18.5 Å². The number of nitrogens with one attached hydrogen (secondary N) is 1. The van der Waals surface area contributed by atoms with Crippen LogP contribution in [0.1, 0.15) is 24.4 Å². The lowest BCUT2D eigenvalue weighted by Gasteiger charge is -2.14. The lowest BCUT2D eigenvalue weighted by Crippen LogP contribution is -2.28. The number of nitrogens with two attached hydrogens (primary N) is 1. The van der Waals surface area contributed by atoms with Crippen LogP contribution in [0.5, 0.6) is 0 Å². The molecule has 1 aromatic carbocycles. The topological polar surface area (TPSA) is 103 Å². The van der Waals surface area contributed by atoms with Crippen LogP contribution in [0.25, 0.3) is 0 Å². The van der Waals surface area contributed by atoms with Gasteiger partial charge in [-0.1, -0.05) is 11.6 Å². The summed E-state index contributed by atoms with van der Waals surface area (Å²) in [4.78, 5) is 0.112. The third kappa shape index (κ3) is 3.41. The highest BCUT2D eigenvalue weighted by Crippen LogP contribution is 2.21. The standard InChI is InChI=1S/C12H16ClN5O2S/c1-8(12-16-15-7-18(12)2)17-21(19,20)10-3-4-11(13)9(5-10)6-14/h3-5,7-8,17H,6,14H2,1-2H3. The van der Waals surface area contributed by atoms with E-state index in [4.69, 9.17) is 17.3 Å². The molecule has 2 rings (SSSR count).